The molecule has 0 atom stereocenters. The molecule has 0 bridgehead atoms. The highest BCUT2D eigenvalue weighted by Gasteiger charge is 2.18. The standard InChI is InChI=1S/C12H20N2OS/c1-5-6-14(4)10-7-9(13)12(16-10)11(15)8(2)3/h7-8H,5-6,13H2,1-4H3. The van der Waals surface area contributed by atoms with Gasteiger partial charge in [-0.2, -0.15) is 0 Å². The molecule has 1 heterocycles. The summed E-state index contributed by atoms with van der Waals surface area (Å²) in [5, 5.41) is 1.07. The van der Waals surface area contributed by atoms with Crippen molar-refractivity contribution in [2.75, 3.05) is 24.2 Å². The third-order valence-electron chi connectivity index (χ3n) is 2.43. The Morgan fingerprint density at radius 2 is 2.19 bits per heavy atom. The van der Waals surface area contributed by atoms with Gasteiger partial charge in [0.25, 0.3) is 0 Å². The van der Waals surface area contributed by atoms with E-state index in [0.29, 0.717) is 10.6 Å². The lowest BCUT2D eigenvalue weighted by atomic mass is 10.1. The lowest BCUT2D eigenvalue weighted by Crippen LogP contribution is -2.16. The Labute approximate surface area is 101 Å². The number of Topliss-reactive ketones (excluding diaryl/α,β-unsaturated/α-hetero) is 1. The summed E-state index contributed by atoms with van der Waals surface area (Å²) >= 11 is 1.50. The molecule has 0 aromatic carbocycles. The van der Waals surface area contributed by atoms with Crippen LogP contribution in [0.2, 0.25) is 0 Å². The van der Waals surface area contributed by atoms with Crippen LogP contribution in [0.25, 0.3) is 0 Å². The van der Waals surface area contributed by atoms with Crippen LogP contribution in [0.3, 0.4) is 0 Å². The Morgan fingerprint density at radius 3 is 2.69 bits per heavy atom. The van der Waals surface area contributed by atoms with Crippen LogP contribution < -0.4 is 10.6 Å². The first-order valence-corrected chi connectivity index (χ1v) is 6.43. The molecule has 0 aliphatic heterocycles. The van der Waals surface area contributed by atoms with E-state index in [-0.39, 0.29) is 11.7 Å². The summed E-state index contributed by atoms with van der Waals surface area (Å²) in [6.45, 7) is 6.91. The van der Waals surface area contributed by atoms with E-state index >= 15 is 0 Å². The number of ketones is 1. The maximum Gasteiger partial charge on any atom is 0.177 e. The second-order valence-corrected chi connectivity index (χ2v) is 5.34. The molecule has 90 valence electrons. The summed E-state index contributed by atoms with van der Waals surface area (Å²) in [5.41, 5.74) is 6.49. The van der Waals surface area contributed by atoms with Gasteiger partial charge in [-0.25, -0.2) is 0 Å². The molecule has 0 saturated carbocycles. The fraction of sp³-hybridized carbons (Fsp3) is 0.583. The molecule has 0 radical (unpaired) electrons. The highest BCUT2D eigenvalue weighted by Crippen LogP contribution is 2.33. The lowest BCUT2D eigenvalue weighted by Gasteiger charge is -2.14. The van der Waals surface area contributed by atoms with Crippen LogP contribution in [-0.4, -0.2) is 19.4 Å². The van der Waals surface area contributed by atoms with Crippen molar-refractivity contribution in [3.8, 4) is 0 Å². The quantitative estimate of drug-likeness (QED) is 0.805. The predicted octanol–water partition coefficient (Wildman–Crippen LogP) is 3.02. The van der Waals surface area contributed by atoms with Gasteiger partial charge in [0.2, 0.25) is 0 Å². The Kier molecular flexibility index (Phi) is 4.35. The second-order valence-electron chi connectivity index (χ2n) is 4.31. The van der Waals surface area contributed by atoms with Gasteiger partial charge in [-0.15, -0.1) is 11.3 Å². The van der Waals surface area contributed by atoms with Gasteiger partial charge in [-0.05, 0) is 12.5 Å². The number of thiophene rings is 1. The van der Waals surface area contributed by atoms with Gasteiger partial charge in [0.1, 0.15) is 0 Å². The summed E-state index contributed by atoms with van der Waals surface area (Å²) in [6, 6.07) is 1.90. The largest absolute Gasteiger partial charge is 0.397 e. The average Bonchev–Trinajstić information content (AvgIpc) is 2.59. The van der Waals surface area contributed by atoms with E-state index in [0.717, 1.165) is 18.0 Å². The molecule has 0 amide bonds. The summed E-state index contributed by atoms with van der Waals surface area (Å²) in [7, 11) is 2.03. The molecular weight excluding hydrogens is 220 g/mol. The maximum absolute atomic E-state index is 11.9. The SMILES string of the molecule is CCCN(C)c1cc(N)c(C(=O)C(C)C)s1. The first-order chi connectivity index (χ1) is 7.47. The Morgan fingerprint density at radius 1 is 1.56 bits per heavy atom. The molecular formula is C12H20N2OS. The van der Waals surface area contributed by atoms with Gasteiger partial charge in [-0.1, -0.05) is 20.8 Å². The van der Waals surface area contributed by atoms with Crippen molar-refractivity contribution in [1.82, 2.24) is 0 Å². The highest BCUT2D eigenvalue weighted by molar-refractivity contribution is 7.18. The summed E-state index contributed by atoms with van der Waals surface area (Å²) in [6.07, 6.45) is 1.09. The number of nitrogens with zero attached hydrogens (tertiary/aromatic N) is 1. The van der Waals surface area contributed by atoms with E-state index in [9.17, 15) is 4.79 Å². The van der Waals surface area contributed by atoms with E-state index in [4.69, 9.17) is 5.73 Å². The third kappa shape index (κ3) is 2.76. The van der Waals surface area contributed by atoms with Crippen LogP contribution in [0.15, 0.2) is 6.07 Å². The molecule has 0 fully saturated rings. The van der Waals surface area contributed by atoms with Gasteiger partial charge < -0.3 is 10.6 Å². The normalized spacial score (nSPS) is 10.8. The third-order valence-corrected chi connectivity index (χ3v) is 3.71. The molecule has 16 heavy (non-hydrogen) atoms. The van der Waals surface area contributed by atoms with Crippen LogP contribution >= 0.6 is 11.3 Å². The number of anilines is 2. The van der Waals surface area contributed by atoms with Gasteiger partial charge in [0.15, 0.2) is 5.78 Å². The molecule has 0 spiro atoms. The molecule has 0 aliphatic carbocycles. The first kappa shape index (κ1) is 13.0. The number of carbonyl (C=O) groups excluding carboxylic acids is 1. The van der Waals surface area contributed by atoms with E-state index in [1.54, 1.807) is 0 Å². The minimum Gasteiger partial charge on any atom is -0.397 e. The van der Waals surface area contributed by atoms with Crippen molar-refractivity contribution in [2.45, 2.75) is 27.2 Å². The number of nitrogen functional groups attached to an aromatic ring is 1. The number of hydrogen-bond acceptors (Lipinski definition) is 4. The minimum absolute atomic E-state index is 0.00489. The van der Waals surface area contributed by atoms with Crippen LogP contribution in [0, 0.1) is 5.92 Å². The molecule has 1 aromatic heterocycles. The summed E-state index contributed by atoms with van der Waals surface area (Å²) in [4.78, 5) is 14.7. The fourth-order valence-corrected chi connectivity index (χ4v) is 2.64. The summed E-state index contributed by atoms with van der Waals surface area (Å²) in [5.74, 6) is 0.143. The Hall–Kier alpha value is -1.03. The topological polar surface area (TPSA) is 46.3 Å². The smallest absolute Gasteiger partial charge is 0.177 e. The van der Waals surface area contributed by atoms with Gasteiger partial charge in [0.05, 0.1) is 15.6 Å². The van der Waals surface area contributed by atoms with E-state index in [1.807, 2.05) is 27.0 Å². The predicted molar refractivity (Wildman–Crippen MR) is 71.5 cm³/mol. The van der Waals surface area contributed by atoms with Gasteiger partial charge in [0, 0.05) is 19.5 Å². The molecule has 1 aromatic rings. The first-order valence-electron chi connectivity index (χ1n) is 5.62. The Balaban J connectivity index is 2.93. The van der Waals surface area contributed by atoms with E-state index in [1.165, 1.54) is 11.3 Å². The van der Waals surface area contributed by atoms with Crippen LogP contribution in [0.1, 0.15) is 36.9 Å². The molecule has 2 N–H and O–H groups in total. The molecule has 0 saturated heterocycles. The molecule has 1 rings (SSSR count). The zero-order chi connectivity index (χ0) is 12.3. The van der Waals surface area contributed by atoms with Crippen molar-refractivity contribution in [3.05, 3.63) is 10.9 Å². The van der Waals surface area contributed by atoms with E-state index in [2.05, 4.69) is 11.8 Å². The monoisotopic (exact) mass is 240 g/mol. The van der Waals surface area contributed by atoms with Crippen molar-refractivity contribution in [3.63, 3.8) is 0 Å². The van der Waals surface area contributed by atoms with Gasteiger partial charge >= 0.3 is 0 Å². The second kappa shape index (κ2) is 5.34. The number of nitrogens with two attached hydrogens (primary N) is 1. The number of hydrogen-bond donors (Lipinski definition) is 1. The fourth-order valence-electron chi connectivity index (χ4n) is 1.48. The maximum atomic E-state index is 11.9. The van der Waals surface area contributed by atoms with E-state index < -0.39 is 0 Å². The molecule has 4 heteroatoms. The minimum atomic E-state index is 0.00489. The highest BCUT2D eigenvalue weighted by atomic mass is 32.1. The van der Waals surface area contributed by atoms with Crippen LogP contribution in [0.4, 0.5) is 10.7 Å². The zero-order valence-corrected chi connectivity index (χ0v) is 11.2. The van der Waals surface area contributed by atoms with Crippen molar-refractivity contribution in [1.29, 1.82) is 0 Å². The van der Waals surface area contributed by atoms with Crippen LogP contribution in [0.5, 0.6) is 0 Å². The molecule has 3 nitrogen and oxygen atoms in total. The van der Waals surface area contributed by atoms with Crippen LogP contribution in [-0.2, 0) is 0 Å². The number of rotatable bonds is 5. The Bertz CT molecular complexity index is 371. The zero-order valence-electron chi connectivity index (χ0n) is 10.4. The number of carbonyl (C=O) groups is 1. The lowest BCUT2D eigenvalue weighted by molar-refractivity contribution is 0.0944. The molecule has 0 unspecified atom stereocenters. The van der Waals surface area contributed by atoms with Crippen molar-refractivity contribution >= 4 is 27.8 Å². The van der Waals surface area contributed by atoms with Crippen molar-refractivity contribution < 1.29 is 4.79 Å². The summed E-state index contributed by atoms with van der Waals surface area (Å²) < 4.78 is 0. The van der Waals surface area contributed by atoms with Gasteiger partial charge in [-0.3, -0.25) is 4.79 Å². The molecule has 0 aliphatic rings. The average molecular weight is 240 g/mol. The van der Waals surface area contributed by atoms with Crippen molar-refractivity contribution in [2.24, 2.45) is 5.92 Å².